The third-order valence-corrected chi connectivity index (χ3v) is 3.07. The van der Waals surface area contributed by atoms with E-state index in [4.69, 9.17) is 0 Å². The molecular formula is C14H21N. The Bertz CT molecular complexity index is 302. The zero-order chi connectivity index (χ0) is 10.5. The van der Waals surface area contributed by atoms with Gasteiger partial charge < -0.3 is 5.32 Å². The molecule has 1 aliphatic rings. The Morgan fingerprint density at radius 1 is 1.33 bits per heavy atom. The lowest BCUT2D eigenvalue weighted by atomic mass is 10.1. The minimum Gasteiger partial charge on any atom is -0.313 e. The van der Waals surface area contributed by atoms with Crippen molar-refractivity contribution in [1.82, 2.24) is 5.32 Å². The molecule has 1 aromatic rings. The van der Waals surface area contributed by atoms with Crippen molar-refractivity contribution in [3.63, 3.8) is 0 Å². The number of hydrogen-bond donors (Lipinski definition) is 1. The van der Waals surface area contributed by atoms with Gasteiger partial charge in [-0.1, -0.05) is 42.7 Å². The van der Waals surface area contributed by atoms with E-state index in [1.807, 2.05) is 0 Å². The predicted molar refractivity (Wildman–Crippen MR) is 64.8 cm³/mol. The van der Waals surface area contributed by atoms with E-state index in [0.717, 1.165) is 12.5 Å². The van der Waals surface area contributed by atoms with Crippen molar-refractivity contribution in [2.75, 3.05) is 6.54 Å². The van der Waals surface area contributed by atoms with Gasteiger partial charge in [-0.05, 0) is 37.8 Å². The van der Waals surface area contributed by atoms with Crippen molar-refractivity contribution in [3.05, 3.63) is 35.4 Å². The van der Waals surface area contributed by atoms with Crippen LogP contribution >= 0.6 is 0 Å². The predicted octanol–water partition coefficient (Wildman–Crippen LogP) is 3.27. The molecule has 1 saturated carbocycles. The van der Waals surface area contributed by atoms with Crippen molar-refractivity contribution in [2.24, 2.45) is 5.92 Å². The van der Waals surface area contributed by atoms with Crippen molar-refractivity contribution >= 4 is 0 Å². The largest absolute Gasteiger partial charge is 0.313 e. The Morgan fingerprint density at radius 2 is 2.20 bits per heavy atom. The lowest BCUT2D eigenvalue weighted by molar-refractivity contribution is 0.594. The van der Waals surface area contributed by atoms with Crippen molar-refractivity contribution in [1.29, 1.82) is 0 Å². The first-order valence-corrected chi connectivity index (χ1v) is 6.11. The first kappa shape index (κ1) is 10.7. The smallest absolute Gasteiger partial charge is 0.0205 e. The summed E-state index contributed by atoms with van der Waals surface area (Å²) >= 11 is 0. The second kappa shape index (κ2) is 5.32. The van der Waals surface area contributed by atoms with Gasteiger partial charge in [0.15, 0.2) is 0 Å². The van der Waals surface area contributed by atoms with Gasteiger partial charge in [0.05, 0.1) is 0 Å². The van der Waals surface area contributed by atoms with E-state index in [2.05, 4.69) is 36.5 Å². The number of nitrogens with one attached hydrogen (secondary N) is 1. The van der Waals surface area contributed by atoms with Crippen LogP contribution in [0, 0.1) is 12.8 Å². The highest BCUT2D eigenvalue weighted by molar-refractivity contribution is 5.21. The van der Waals surface area contributed by atoms with Crippen LogP contribution in [0.5, 0.6) is 0 Å². The molecule has 0 aromatic heterocycles. The molecule has 0 unspecified atom stereocenters. The van der Waals surface area contributed by atoms with Crippen LogP contribution < -0.4 is 5.32 Å². The summed E-state index contributed by atoms with van der Waals surface area (Å²) in [4.78, 5) is 0. The highest BCUT2D eigenvalue weighted by atomic mass is 14.8. The molecule has 0 heterocycles. The summed E-state index contributed by atoms with van der Waals surface area (Å²) in [5.74, 6) is 1.07. The number of hydrogen-bond acceptors (Lipinski definition) is 1. The molecule has 0 saturated heterocycles. The molecule has 1 fully saturated rings. The zero-order valence-corrected chi connectivity index (χ0v) is 9.63. The molecule has 0 aliphatic heterocycles. The summed E-state index contributed by atoms with van der Waals surface area (Å²) in [6.07, 6.45) is 5.74. The maximum atomic E-state index is 3.51. The Hall–Kier alpha value is -0.820. The van der Waals surface area contributed by atoms with E-state index in [1.54, 1.807) is 0 Å². The third-order valence-electron chi connectivity index (χ3n) is 3.07. The highest BCUT2D eigenvalue weighted by Crippen LogP contribution is 2.33. The van der Waals surface area contributed by atoms with Crippen molar-refractivity contribution in [3.8, 4) is 0 Å². The minimum absolute atomic E-state index is 1.02. The van der Waals surface area contributed by atoms with Gasteiger partial charge in [0.25, 0.3) is 0 Å². The van der Waals surface area contributed by atoms with Crippen LogP contribution in [-0.4, -0.2) is 6.54 Å². The maximum Gasteiger partial charge on any atom is 0.0205 e. The van der Waals surface area contributed by atoms with E-state index < -0.39 is 0 Å². The summed E-state index contributed by atoms with van der Waals surface area (Å²) in [6.45, 7) is 4.34. The van der Waals surface area contributed by atoms with Gasteiger partial charge in [0.2, 0.25) is 0 Å². The average Bonchev–Trinajstić information content (AvgIpc) is 3.01. The van der Waals surface area contributed by atoms with E-state index >= 15 is 0 Å². The summed E-state index contributed by atoms with van der Waals surface area (Å²) in [6, 6.07) is 8.74. The van der Waals surface area contributed by atoms with Gasteiger partial charge in [-0.15, -0.1) is 0 Å². The normalized spacial score (nSPS) is 15.5. The summed E-state index contributed by atoms with van der Waals surface area (Å²) < 4.78 is 0. The molecule has 82 valence electrons. The fourth-order valence-electron chi connectivity index (χ4n) is 1.98. The monoisotopic (exact) mass is 203 g/mol. The van der Waals surface area contributed by atoms with Gasteiger partial charge in [-0.25, -0.2) is 0 Å². The van der Waals surface area contributed by atoms with Crippen LogP contribution in [0.1, 0.15) is 36.8 Å². The molecule has 15 heavy (non-hydrogen) atoms. The quantitative estimate of drug-likeness (QED) is 0.700. The van der Waals surface area contributed by atoms with Crippen molar-refractivity contribution < 1.29 is 0 Å². The molecule has 0 radical (unpaired) electrons. The standard InChI is InChI=1S/C14H21N/c1-12-4-2-5-14(10-12)11-15-9-3-6-13-7-8-13/h2,4-5,10,13,15H,3,6-9,11H2,1H3. The van der Waals surface area contributed by atoms with Gasteiger partial charge >= 0.3 is 0 Å². The van der Waals surface area contributed by atoms with Crippen LogP contribution in [0.2, 0.25) is 0 Å². The van der Waals surface area contributed by atoms with Crippen molar-refractivity contribution in [2.45, 2.75) is 39.2 Å². The molecule has 1 nitrogen and oxygen atoms in total. The second-order valence-electron chi connectivity index (χ2n) is 4.75. The van der Waals surface area contributed by atoms with E-state index in [-0.39, 0.29) is 0 Å². The highest BCUT2D eigenvalue weighted by Gasteiger charge is 2.19. The number of aryl methyl sites for hydroxylation is 1. The summed E-state index contributed by atoms with van der Waals surface area (Å²) in [5, 5.41) is 3.51. The molecule has 0 amide bonds. The van der Waals surface area contributed by atoms with E-state index in [9.17, 15) is 0 Å². The van der Waals surface area contributed by atoms with Crippen LogP contribution in [0.3, 0.4) is 0 Å². The van der Waals surface area contributed by atoms with E-state index in [0.29, 0.717) is 0 Å². The van der Waals surface area contributed by atoms with Gasteiger partial charge in [0.1, 0.15) is 0 Å². The van der Waals surface area contributed by atoms with Crippen LogP contribution in [-0.2, 0) is 6.54 Å². The molecular weight excluding hydrogens is 182 g/mol. The van der Waals surface area contributed by atoms with Gasteiger partial charge in [-0.3, -0.25) is 0 Å². The fraction of sp³-hybridized carbons (Fsp3) is 0.571. The van der Waals surface area contributed by atoms with Gasteiger partial charge in [-0.2, -0.15) is 0 Å². The second-order valence-corrected chi connectivity index (χ2v) is 4.75. The molecule has 0 atom stereocenters. The first-order valence-electron chi connectivity index (χ1n) is 6.11. The van der Waals surface area contributed by atoms with E-state index in [1.165, 1.54) is 43.4 Å². The molecule has 1 N–H and O–H groups in total. The van der Waals surface area contributed by atoms with Gasteiger partial charge in [0, 0.05) is 6.54 Å². The zero-order valence-electron chi connectivity index (χ0n) is 9.63. The fourth-order valence-corrected chi connectivity index (χ4v) is 1.98. The average molecular weight is 203 g/mol. The number of rotatable bonds is 6. The summed E-state index contributed by atoms with van der Waals surface area (Å²) in [5.41, 5.74) is 2.76. The Morgan fingerprint density at radius 3 is 2.93 bits per heavy atom. The Labute approximate surface area is 92.9 Å². The molecule has 0 bridgehead atoms. The lowest BCUT2D eigenvalue weighted by Crippen LogP contribution is -2.14. The Kier molecular flexibility index (Phi) is 3.79. The maximum absolute atomic E-state index is 3.51. The number of benzene rings is 1. The third kappa shape index (κ3) is 4.05. The first-order chi connectivity index (χ1) is 7.34. The minimum atomic E-state index is 1.02. The topological polar surface area (TPSA) is 12.0 Å². The summed E-state index contributed by atoms with van der Waals surface area (Å²) in [7, 11) is 0. The molecule has 1 aromatic carbocycles. The molecule has 1 heteroatoms. The molecule has 1 aliphatic carbocycles. The Balaban J connectivity index is 1.60. The SMILES string of the molecule is Cc1cccc(CNCCCC2CC2)c1. The molecule has 0 spiro atoms. The van der Waals surface area contributed by atoms with Crippen LogP contribution in [0.4, 0.5) is 0 Å². The molecule has 2 rings (SSSR count). The van der Waals surface area contributed by atoms with Crippen LogP contribution in [0.25, 0.3) is 0 Å². The lowest BCUT2D eigenvalue weighted by Gasteiger charge is -2.05. The van der Waals surface area contributed by atoms with Crippen LogP contribution in [0.15, 0.2) is 24.3 Å².